The van der Waals surface area contributed by atoms with Crippen LogP contribution in [0, 0.1) is 37.5 Å². The molecule has 0 spiro atoms. The number of nitro benzene ring substituents is 2. The van der Waals surface area contributed by atoms with Crippen molar-refractivity contribution in [1.29, 1.82) is 0 Å². The van der Waals surface area contributed by atoms with Gasteiger partial charge in [-0.15, -0.1) is 0 Å². The maximum Gasteiger partial charge on any atom is 0.338 e. The van der Waals surface area contributed by atoms with Gasteiger partial charge in [0, 0.05) is 28.9 Å². The summed E-state index contributed by atoms with van der Waals surface area (Å²) in [5.74, 6) is -0.357. The molecule has 0 saturated heterocycles. The molecule has 0 aliphatic heterocycles. The van der Waals surface area contributed by atoms with Crippen molar-refractivity contribution in [1.82, 2.24) is 0 Å². The molecule has 8 nitrogen and oxygen atoms in total. The lowest BCUT2D eigenvalue weighted by Crippen LogP contribution is -2.65. The molecule has 0 aromatic heterocycles. The van der Waals surface area contributed by atoms with Crippen molar-refractivity contribution in [2.24, 2.45) is 17.3 Å². The van der Waals surface area contributed by atoms with Crippen molar-refractivity contribution in [2.75, 3.05) is 0 Å². The Labute approximate surface area is 207 Å². The molecule has 0 radical (unpaired) electrons. The van der Waals surface area contributed by atoms with Crippen molar-refractivity contribution >= 4 is 17.3 Å². The number of benzene rings is 3. The first-order valence-corrected chi connectivity index (χ1v) is 11.9. The average molecular weight is 485 g/mol. The fraction of sp³-hybridized carbons (Fsp3) is 0.321. The van der Waals surface area contributed by atoms with Crippen LogP contribution in [0.15, 0.2) is 78.9 Å². The summed E-state index contributed by atoms with van der Waals surface area (Å²) in [6, 6.07) is 23.8. The van der Waals surface area contributed by atoms with Crippen LogP contribution in [-0.4, -0.2) is 21.9 Å². The van der Waals surface area contributed by atoms with Crippen LogP contribution in [0.5, 0.6) is 0 Å². The van der Waals surface area contributed by atoms with Gasteiger partial charge >= 0.3 is 5.97 Å². The van der Waals surface area contributed by atoms with Gasteiger partial charge in [-0.3, -0.25) is 20.2 Å². The largest absolute Gasteiger partial charge is 0.458 e. The number of nitrogens with zero attached hydrogens (tertiary/aromatic N) is 2. The van der Waals surface area contributed by atoms with E-state index >= 15 is 0 Å². The molecular formula is C28H24N2O6. The van der Waals surface area contributed by atoms with Crippen LogP contribution >= 0.6 is 0 Å². The molecule has 0 N–H and O–H groups in total. The lowest BCUT2D eigenvalue weighted by Gasteiger charge is -2.62. The Kier molecular flexibility index (Phi) is 4.49. The summed E-state index contributed by atoms with van der Waals surface area (Å²) in [6.07, 6.45) is 0.306. The third-order valence-electron chi connectivity index (χ3n) is 9.18. The number of hydrogen-bond donors (Lipinski definition) is 0. The normalized spacial score (nSPS) is 30.6. The van der Waals surface area contributed by atoms with Crippen LogP contribution in [0.4, 0.5) is 11.4 Å². The predicted octanol–water partition coefficient (Wildman–Crippen LogP) is 5.59. The van der Waals surface area contributed by atoms with Gasteiger partial charge in [0.2, 0.25) is 0 Å². The van der Waals surface area contributed by atoms with Gasteiger partial charge in [-0.05, 0) is 28.9 Å². The number of rotatable bonds is 6. The zero-order valence-electron chi connectivity index (χ0n) is 19.8. The zero-order chi connectivity index (χ0) is 25.5. The Morgan fingerprint density at radius 1 is 0.833 bits per heavy atom. The second-order valence-corrected chi connectivity index (χ2v) is 10.5. The number of nitro groups is 2. The van der Waals surface area contributed by atoms with E-state index in [9.17, 15) is 25.0 Å². The fourth-order valence-electron chi connectivity index (χ4n) is 8.15. The summed E-state index contributed by atoms with van der Waals surface area (Å²) in [6.45, 7) is 4.57. The SMILES string of the molecule is CC1(C)C2(c3ccccc3)C3CC(OC(=O)c4cc([N+](=O)[O-])cc([N+](=O)[O-])c4)C3C12c1ccccc1. The smallest absolute Gasteiger partial charge is 0.338 e. The fourth-order valence-corrected chi connectivity index (χ4v) is 8.15. The van der Waals surface area contributed by atoms with E-state index in [4.69, 9.17) is 4.74 Å². The Morgan fingerprint density at radius 3 is 1.83 bits per heavy atom. The van der Waals surface area contributed by atoms with Crippen LogP contribution in [0.1, 0.15) is 41.8 Å². The quantitative estimate of drug-likeness (QED) is 0.256. The number of carbonyl (C=O) groups is 1. The van der Waals surface area contributed by atoms with E-state index < -0.39 is 27.2 Å². The Hall–Kier alpha value is -4.07. The van der Waals surface area contributed by atoms with E-state index in [2.05, 4.69) is 50.2 Å². The maximum absolute atomic E-state index is 13.1. The number of carbonyl (C=O) groups excluding carboxylic acids is 1. The van der Waals surface area contributed by atoms with Gasteiger partial charge in [0.25, 0.3) is 11.4 Å². The molecule has 3 aliphatic carbocycles. The molecule has 6 rings (SSSR count). The molecule has 0 bridgehead atoms. The number of ether oxygens (including phenoxy) is 1. The highest BCUT2D eigenvalue weighted by atomic mass is 16.6. The molecule has 0 amide bonds. The van der Waals surface area contributed by atoms with Gasteiger partial charge in [-0.1, -0.05) is 74.5 Å². The second-order valence-electron chi connectivity index (χ2n) is 10.5. The van der Waals surface area contributed by atoms with Crippen LogP contribution in [-0.2, 0) is 15.6 Å². The Bertz CT molecular complexity index is 1390. The molecule has 8 heteroatoms. The molecule has 36 heavy (non-hydrogen) atoms. The Morgan fingerprint density at radius 2 is 1.33 bits per heavy atom. The topological polar surface area (TPSA) is 113 Å². The number of non-ortho nitro benzene ring substituents is 2. The summed E-state index contributed by atoms with van der Waals surface area (Å²) >= 11 is 0. The molecular weight excluding hydrogens is 460 g/mol. The minimum atomic E-state index is -0.774. The first kappa shape index (κ1) is 22.4. The lowest BCUT2D eigenvalue weighted by atomic mass is 9.43. The Balaban J connectivity index is 1.36. The molecule has 3 aromatic rings. The van der Waals surface area contributed by atoms with Crippen molar-refractivity contribution in [3.63, 3.8) is 0 Å². The molecule has 5 atom stereocenters. The first-order chi connectivity index (χ1) is 17.2. The van der Waals surface area contributed by atoms with Gasteiger partial charge in [0.1, 0.15) is 6.10 Å². The highest BCUT2D eigenvalue weighted by Gasteiger charge is 2.99. The standard InChI is InChI=1S/C28H24N2O6/c1-26(2)27(18-9-5-3-6-10-18)22-16-23(24(22)28(26,27)19-11-7-4-8-12-19)36-25(31)17-13-20(29(32)33)15-21(14-17)30(34)35/h3-15,22-24H,16H2,1-2H3. The van der Waals surface area contributed by atoms with Gasteiger partial charge in [0.15, 0.2) is 0 Å². The summed E-state index contributed by atoms with van der Waals surface area (Å²) in [5, 5.41) is 22.5. The maximum atomic E-state index is 13.1. The van der Waals surface area contributed by atoms with Crippen LogP contribution in [0.2, 0.25) is 0 Å². The van der Waals surface area contributed by atoms with Crippen molar-refractivity contribution in [2.45, 2.75) is 37.2 Å². The summed E-state index contributed by atoms with van der Waals surface area (Å²) in [7, 11) is 0. The van der Waals surface area contributed by atoms with Gasteiger partial charge in [-0.25, -0.2) is 4.79 Å². The van der Waals surface area contributed by atoms with E-state index in [-0.39, 0.29) is 33.8 Å². The van der Waals surface area contributed by atoms with E-state index in [0.29, 0.717) is 12.3 Å². The monoisotopic (exact) mass is 484 g/mol. The number of esters is 1. The molecule has 3 aliphatic rings. The van der Waals surface area contributed by atoms with Gasteiger partial charge in [-0.2, -0.15) is 0 Å². The van der Waals surface area contributed by atoms with E-state index in [0.717, 1.165) is 18.2 Å². The van der Waals surface area contributed by atoms with Crippen molar-refractivity contribution < 1.29 is 19.4 Å². The van der Waals surface area contributed by atoms with Crippen LogP contribution in [0.25, 0.3) is 0 Å². The van der Waals surface area contributed by atoms with Crippen molar-refractivity contribution in [3.05, 3.63) is 116 Å². The van der Waals surface area contributed by atoms with Gasteiger partial charge < -0.3 is 4.74 Å². The van der Waals surface area contributed by atoms with E-state index in [1.54, 1.807) is 0 Å². The molecule has 3 fully saturated rings. The summed E-state index contributed by atoms with van der Waals surface area (Å²) in [5.41, 5.74) is 0.926. The highest BCUT2D eigenvalue weighted by Crippen LogP contribution is 2.96. The molecule has 5 unspecified atom stereocenters. The second kappa shape index (κ2) is 7.22. The molecule has 0 heterocycles. The number of hydrogen-bond acceptors (Lipinski definition) is 6. The van der Waals surface area contributed by atoms with E-state index in [1.165, 1.54) is 11.1 Å². The van der Waals surface area contributed by atoms with Gasteiger partial charge in [0.05, 0.1) is 21.5 Å². The minimum Gasteiger partial charge on any atom is -0.458 e. The molecule has 3 saturated carbocycles. The van der Waals surface area contributed by atoms with Crippen LogP contribution in [0.3, 0.4) is 0 Å². The minimum absolute atomic E-state index is 0.0689. The molecule has 3 aromatic carbocycles. The summed E-state index contributed by atoms with van der Waals surface area (Å²) < 4.78 is 5.91. The third kappa shape index (κ3) is 2.46. The highest BCUT2D eigenvalue weighted by molar-refractivity contribution is 5.91. The zero-order valence-corrected chi connectivity index (χ0v) is 19.8. The third-order valence-corrected chi connectivity index (χ3v) is 9.18. The first-order valence-electron chi connectivity index (χ1n) is 11.9. The van der Waals surface area contributed by atoms with E-state index in [1.807, 2.05) is 24.3 Å². The van der Waals surface area contributed by atoms with Crippen LogP contribution < -0.4 is 0 Å². The lowest BCUT2D eigenvalue weighted by molar-refractivity contribution is -0.394. The molecule has 182 valence electrons. The summed E-state index contributed by atoms with van der Waals surface area (Å²) in [4.78, 5) is 34.1. The predicted molar refractivity (Wildman–Crippen MR) is 131 cm³/mol. The number of fused-ring (bicyclic) bond motifs is 4. The van der Waals surface area contributed by atoms with Crippen molar-refractivity contribution in [3.8, 4) is 0 Å². The average Bonchev–Trinajstić information content (AvgIpc) is 3.25.